The van der Waals surface area contributed by atoms with Gasteiger partial charge >= 0.3 is 0 Å². The van der Waals surface area contributed by atoms with Crippen LogP contribution in [0.2, 0.25) is 0 Å². The van der Waals surface area contributed by atoms with Gasteiger partial charge in [0.1, 0.15) is 17.1 Å². The van der Waals surface area contributed by atoms with E-state index in [0.717, 1.165) is 16.3 Å². The first-order valence-corrected chi connectivity index (χ1v) is 7.93. The van der Waals surface area contributed by atoms with Crippen LogP contribution in [0.3, 0.4) is 0 Å². The van der Waals surface area contributed by atoms with E-state index in [4.69, 9.17) is 4.52 Å². The van der Waals surface area contributed by atoms with E-state index < -0.39 is 0 Å². The summed E-state index contributed by atoms with van der Waals surface area (Å²) in [5.41, 5.74) is 1.84. The highest BCUT2D eigenvalue weighted by Crippen LogP contribution is 2.21. The number of amides is 1. The summed E-state index contributed by atoms with van der Waals surface area (Å²) in [5, 5.41) is 7.14. The van der Waals surface area contributed by atoms with Crippen molar-refractivity contribution in [1.29, 1.82) is 0 Å². The van der Waals surface area contributed by atoms with E-state index in [1.54, 1.807) is 13.0 Å². The van der Waals surface area contributed by atoms with Crippen LogP contribution in [0.1, 0.15) is 5.76 Å². The lowest BCUT2D eigenvalue weighted by Gasteiger charge is -2.04. The molecule has 1 N–H and O–H groups in total. The Hall–Kier alpha value is -2.67. The lowest BCUT2D eigenvalue weighted by molar-refractivity contribution is -0.113. The van der Waals surface area contributed by atoms with E-state index in [0.29, 0.717) is 11.6 Å². The molecule has 0 fully saturated rings. The summed E-state index contributed by atoms with van der Waals surface area (Å²) in [4.78, 5) is 20.3. The zero-order valence-electron chi connectivity index (χ0n) is 12.4. The molecular weight excluding hydrogens is 312 g/mol. The lowest BCUT2D eigenvalue weighted by Crippen LogP contribution is -2.14. The number of anilines is 1. The summed E-state index contributed by atoms with van der Waals surface area (Å²) in [6.07, 6.45) is 1.50. The monoisotopic (exact) mass is 326 g/mol. The first kappa shape index (κ1) is 15.2. The quantitative estimate of drug-likeness (QED) is 0.573. The molecular formula is C16H14N4O2S. The van der Waals surface area contributed by atoms with Gasteiger partial charge in [-0.25, -0.2) is 9.97 Å². The van der Waals surface area contributed by atoms with Gasteiger partial charge in [0, 0.05) is 11.6 Å². The van der Waals surface area contributed by atoms with Gasteiger partial charge in [0.15, 0.2) is 5.82 Å². The number of nitrogens with zero attached hydrogens (tertiary/aromatic N) is 3. The van der Waals surface area contributed by atoms with Gasteiger partial charge in [0.05, 0.1) is 11.4 Å². The highest BCUT2D eigenvalue weighted by Gasteiger charge is 2.08. The van der Waals surface area contributed by atoms with Gasteiger partial charge < -0.3 is 9.84 Å². The molecule has 3 rings (SSSR count). The van der Waals surface area contributed by atoms with Crippen molar-refractivity contribution >= 4 is 23.5 Å². The van der Waals surface area contributed by atoms with Crippen molar-refractivity contribution in [3.8, 4) is 11.3 Å². The number of hydrogen-bond acceptors (Lipinski definition) is 6. The molecule has 6 nitrogen and oxygen atoms in total. The van der Waals surface area contributed by atoms with Crippen molar-refractivity contribution in [1.82, 2.24) is 15.1 Å². The van der Waals surface area contributed by atoms with Gasteiger partial charge in [0.25, 0.3) is 0 Å². The molecule has 0 atom stereocenters. The minimum Gasteiger partial charge on any atom is -0.360 e. The summed E-state index contributed by atoms with van der Waals surface area (Å²) >= 11 is 1.34. The van der Waals surface area contributed by atoms with Crippen LogP contribution in [-0.2, 0) is 4.79 Å². The van der Waals surface area contributed by atoms with Crippen LogP contribution in [0.4, 0.5) is 5.82 Å². The van der Waals surface area contributed by atoms with Crippen molar-refractivity contribution in [2.75, 3.05) is 11.1 Å². The second kappa shape index (κ2) is 7.06. The smallest absolute Gasteiger partial charge is 0.236 e. The third kappa shape index (κ3) is 4.17. The summed E-state index contributed by atoms with van der Waals surface area (Å²) in [6.45, 7) is 1.77. The Bertz CT molecular complexity index is 805. The van der Waals surface area contributed by atoms with Crippen LogP contribution in [0.5, 0.6) is 0 Å². The Morgan fingerprint density at radius 2 is 2.04 bits per heavy atom. The van der Waals surface area contributed by atoms with Crippen LogP contribution in [-0.4, -0.2) is 26.8 Å². The fourth-order valence-corrected chi connectivity index (χ4v) is 2.60. The Morgan fingerprint density at radius 1 is 1.22 bits per heavy atom. The van der Waals surface area contributed by atoms with E-state index in [1.165, 1.54) is 18.1 Å². The Morgan fingerprint density at radius 3 is 2.78 bits per heavy atom. The average molecular weight is 326 g/mol. The molecule has 7 heteroatoms. The first-order valence-electron chi connectivity index (χ1n) is 6.94. The average Bonchev–Trinajstić information content (AvgIpc) is 2.99. The molecule has 0 bridgehead atoms. The van der Waals surface area contributed by atoms with E-state index in [1.807, 2.05) is 36.4 Å². The lowest BCUT2D eigenvalue weighted by atomic mass is 10.1. The molecule has 0 aliphatic heterocycles. The fraction of sp³-hybridized carbons (Fsp3) is 0.125. The third-order valence-corrected chi connectivity index (χ3v) is 3.88. The van der Waals surface area contributed by atoms with Gasteiger partial charge in [-0.2, -0.15) is 0 Å². The van der Waals surface area contributed by atoms with Gasteiger partial charge in [0.2, 0.25) is 5.91 Å². The van der Waals surface area contributed by atoms with Crippen LogP contribution in [0, 0.1) is 6.92 Å². The van der Waals surface area contributed by atoms with Crippen molar-refractivity contribution in [3.05, 3.63) is 54.6 Å². The standard InChI is InChI=1S/C16H14N4O2S/c1-11-7-14(20-22-11)19-15(21)9-23-16-8-13(17-10-18-16)12-5-3-2-4-6-12/h2-8,10H,9H2,1H3,(H,19,20,21). The minimum atomic E-state index is -0.164. The molecule has 0 aliphatic rings. The topological polar surface area (TPSA) is 80.9 Å². The highest BCUT2D eigenvalue weighted by atomic mass is 32.2. The van der Waals surface area contributed by atoms with Crippen molar-refractivity contribution in [2.45, 2.75) is 11.9 Å². The molecule has 0 saturated carbocycles. The van der Waals surface area contributed by atoms with E-state index >= 15 is 0 Å². The molecule has 116 valence electrons. The predicted molar refractivity (Wildman–Crippen MR) is 88.1 cm³/mol. The molecule has 0 aliphatic carbocycles. The number of aromatic nitrogens is 3. The number of aryl methyl sites for hydroxylation is 1. The molecule has 2 aromatic heterocycles. The summed E-state index contributed by atoms with van der Waals surface area (Å²) in [6, 6.07) is 13.4. The van der Waals surface area contributed by atoms with Crippen LogP contribution in [0.25, 0.3) is 11.3 Å². The second-order valence-corrected chi connectivity index (χ2v) is 5.76. The van der Waals surface area contributed by atoms with Gasteiger partial charge in [-0.1, -0.05) is 47.3 Å². The highest BCUT2D eigenvalue weighted by molar-refractivity contribution is 7.99. The summed E-state index contributed by atoms with van der Waals surface area (Å²) < 4.78 is 4.90. The molecule has 0 radical (unpaired) electrons. The van der Waals surface area contributed by atoms with Crippen LogP contribution in [0.15, 0.2) is 58.3 Å². The number of benzene rings is 1. The van der Waals surface area contributed by atoms with Crippen molar-refractivity contribution in [2.24, 2.45) is 0 Å². The van der Waals surface area contributed by atoms with E-state index in [9.17, 15) is 4.79 Å². The van der Waals surface area contributed by atoms with E-state index in [2.05, 4.69) is 20.4 Å². The Labute approximate surface area is 137 Å². The molecule has 1 amide bonds. The molecule has 1 aromatic carbocycles. The number of carbonyl (C=O) groups excluding carboxylic acids is 1. The molecule has 2 heterocycles. The number of carbonyl (C=O) groups is 1. The maximum absolute atomic E-state index is 11.9. The normalized spacial score (nSPS) is 10.5. The zero-order chi connectivity index (χ0) is 16.1. The van der Waals surface area contributed by atoms with Crippen LogP contribution >= 0.6 is 11.8 Å². The minimum absolute atomic E-state index is 0.164. The number of rotatable bonds is 5. The second-order valence-electron chi connectivity index (χ2n) is 4.77. The largest absolute Gasteiger partial charge is 0.360 e. The summed E-state index contributed by atoms with van der Waals surface area (Å²) in [7, 11) is 0. The third-order valence-electron chi connectivity index (χ3n) is 2.96. The predicted octanol–water partition coefficient (Wildman–Crippen LogP) is 3.17. The SMILES string of the molecule is Cc1cc(NC(=O)CSc2cc(-c3ccccc3)ncn2)no1. The maximum Gasteiger partial charge on any atom is 0.236 e. The Balaban J connectivity index is 1.61. The number of nitrogens with one attached hydrogen (secondary N) is 1. The van der Waals surface area contributed by atoms with E-state index in [-0.39, 0.29) is 11.7 Å². The number of thioether (sulfide) groups is 1. The first-order chi connectivity index (χ1) is 11.2. The van der Waals surface area contributed by atoms with Gasteiger partial charge in [-0.05, 0) is 13.0 Å². The molecule has 0 saturated heterocycles. The van der Waals surface area contributed by atoms with Crippen molar-refractivity contribution < 1.29 is 9.32 Å². The van der Waals surface area contributed by atoms with Gasteiger partial charge in [-0.3, -0.25) is 4.79 Å². The Kier molecular flexibility index (Phi) is 4.68. The van der Waals surface area contributed by atoms with Gasteiger partial charge in [-0.15, -0.1) is 0 Å². The molecule has 23 heavy (non-hydrogen) atoms. The van der Waals surface area contributed by atoms with Crippen LogP contribution < -0.4 is 5.32 Å². The maximum atomic E-state index is 11.9. The number of hydrogen-bond donors (Lipinski definition) is 1. The zero-order valence-corrected chi connectivity index (χ0v) is 13.2. The van der Waals surface area contributed by atoms with Crippen molar-refractivity contribution in [3.63, 3.8) is 0 Å². The fourth-order valence-electron chi connectivity index (χ4n) is 1.93. The molecule has 0 spiro atoms. The molecule has 3 aromatic rings. The summed E-state index contributed by atoms with van der Waals surface area (Å²) in [5.74, 6) is 1.14. The molecule has 0 unspecified atom stereocenters.